The molecule has 1 aliphatic rings. The molecule has 0 radical (unpaired) electrons. The standard InChI is InChI=1S/C25H22N2O2/c28-24-12-7-17-27(24)22-15-13-21(14-16-22)26-25(29)23(20-10-5-2-6-11-20)18-19-8-3-1-4-9-19/h1-6,8-11,13-16,18H,7,12,17H2,(H,26,29)/b23-18-. The van der Waals surface area contributed by atoms with Gasteiger partial charge in [-0.05, 0) is 47.9 Å². The van der Waals surface area contributed by atoms with E-state index in [9.17, 15) is 9.59 Å². The van der Waals surface area contributed by atoms with Gasteiger partial charge in [-0.15, -0.1) is 0 Å². The summed E-state index contributed by atoms with van der Waals surface area (Å²) in [4.78, 5) is 26.8. The van der Waals surface area contributed by atoms with E-state index in [0.29, 0.717) is 17.7 Å². The predicted molar refractivity (Wildman–Crippen MR) is 117 cm³/mol. The molecule has 4 heteroatoms. The lowest BCUT2D eigenvalue weighted by Gasteiger charge is -2.16. The van der Waals surface area contributed by atoms with E-state index in [2.05, 4.69) is 5.32 Å². The van der Waals surface area contributed by atoms with Gasteiger partial charge in [-0.2, -0.15) is 0 Å². The summed E-state index contributed by atoms with van der Waals surface area (Å²) in [5, 5.41) is 2.98. The Balaban J connectivity index is 1.57. The zero-order valence-corrected chi connectivity index (χ0v) is 16.0. The molecule has 1 aliphatic heterocycles. The number of nitrogens with zero attached hydrogens (tertiary/aromatic N) is 1. The molecule has 0 unspecified atom stereocenters. The van der Waals surface area contributed by atoms with Crippen molar-refractivity contribution in [3.05, 3.63) is 96.1 Å². The van der Waals surface area contributed by atoms with E-state index >= 15 is 0 Å². The first-order valence-corrected chi connectivity index (χ1v) is 9.75. The number of benzene rings is 3. The topological polar surface area (TPSA) is 49.4 Å². The average molecular weight is 382 g/mol. The van der Waals surface area contributed by atoms with Crippen LogP contribution in [-0.2, 0) is 9.59 Å². The first-order valence-electron chi connectivity index (χ1n) is 9.75. The van der Waals surface area contributed by atoms with E-state index in [0.717, 1.165) is 29.8 Å². The van der Waals surface area contributed by atoms with E-state index in [-0.39, 0.29) is 11.8 Å². The van der Waals surface area contributed by atoms with Crippen LogP contribution in [0.2, 0.25) is 0 Å². The summed E-state index contributed by atoms with van der Waals surface area (Å²) in [7, 11) is 0. The van der Waals surface area contributed by atoms with Crippen molar-refractivity contribution >= 4 is 34.8 Å². The highest BCUT2D eigenvalue weighted by molar-refractivity contribution is 6.29. The maximum absolute atomic E-state index is 13.1. The SMILES string of the molecule is O=C(Nc1ccc(N2CCCC2=O)cc1)/C(=C\c1ccccc1)c1ccccc1. The molecular weight excluding hydrogens is 360 g/mol. The largest absolute Gasteiger partial charge is 0.322 e. The molecule has 3 aromatic carbocycles. The van der Waals surface area contributed by atoms with E-state index in [4.69, 9.17) is 0 Å². The van der Waals surface area contributed by atoms with Gasteiger partial charge in [-0.1, -0.05) is 60.7 Å². The van der Waals surface area contributed by atoms with Crippen LogP contribution in [0.25, 0.3) is 11.6 Å². The highest BCUT2D eigenvalue weighted by Crippen LogP contribution is 2.25. The molecule has 1 fully saturated rings. The fourth-order valence-corrected chi connectivity index (χ4v) is 3.46. The normalized spacial score (nSPS) is 14.1. The molecule has 144 valence electrons. The lowest BCUT2D eigenvalue weighted by atomic mass is 10.0. The van der Waals surface area contributed by atoms with Gasteiger partial charge in [0.15, 0.2) is 0 Å². The highest BCUT2D eigenvalue weighted by Gasteiger charge is 2.21. The fourth-order valence-electron chi connectivity index (χ4n) is 3.46. The second-order valence-electron chi connectivity index (χ2n) is 6.98. The first-order chi connectivity index (χ1) is 14.2. The molecule has 2 amide bonds. The van der Waals surface area contributed by atoms with Gasteiger partial charge in [0.2, 0.25) is 5.91 Å². The smallest absolute Gasteiger partial charge is 0.256 e. The lowest BCUT2D eigenvalue weighted by molar-refractivity contribution is -0.117. The summed E-state index contributed by atoms with van der Waals surface area (Å²) in [6.07, 6.45) is 3.38. The minimum atomic E-state index is -0.176. The van der Waals surface area contributed by atoms with Crippen LogP contribution in [0.3, 0.4) is 0 Å². The fraction of sp³-hybridized carbons (Fsp3) is 0.120. The molecule has 3 aromatic rings. The number of carbonyl (C=O) groups is 2. The molecule has 0 bridgehead atoms. The van der Waals surface area contributed by atoms with Gasteiger partial charge in [-0.25, -0.2) is 0 Å². The second-order valence-corrected chi connectivity index (χ2v) is 6.98. The Labute approximate surface area is 170 Å². The van der Waals surface area contributed by atoms with Crippen molar-refractivity contribution in [1.82, 2.24) is 0 Å². The van der Waals surface area contributed by atoms with Gasteiger partial charge in [-0.3, -0.25) is 9.59 Å². The second kappa shape index (κ2) is 8.57. The summed E-state index contributed by atoms with van der Waals surface area (Å²) in [6.45, 7) is 0.752. The van der Waals surface area contributed by atoms with Crippen LogP contribution in [-0.4, -0.2) is 18.4 Å². The van der Waals surface area contributed by atoms with Crippen molar-refractivity contribution in [1.29, 1.82) is 0 Å². The number of rotatable bonds is 5. The Morgan fingerprint density at radius 3 is 2.14 bits per heavy atom. The minimum absolute atomic E-state index is 0.152. The molecule has 0 atom stereocenters. The van der Waals surface area contributed by atoms with Gasteiger partial charge < -0.3 is 10.2 Å². The Morgan fingerprint density at radius 1 is 0.862 bits per heavy atom. The molecule has 0 saturated carbocycles. The maximum Gasteiger partial charge on any atom is 0.256 e. The van der Waals surface area contributed by atoms with Gasteiger partial charge >= 0.3 is 0 Å². The van der Waals surface area contributed by atoms with Crippen molar-refractivity contribution in [3.8, 4) is 0 Å². The first kappa shape index (κ1) is 18.7. The van der Waals surface area contributed by atoms with Crippen molar-refractivity contribution in [2.24, 2.45) is 0 Å². The summed E-state index contributed by atoms with van der Waals surface area (Å²) in [6, 6.07) is 26.8. The molecule has 4 rings (SSSR count). The number of carbonyl (C=O) groups excluding carboxylic acids is 2. The van der Waals surface area contributed by atoms with E-state index in [1.54, 1.807) is 4.90 Å². The van der Waals surface area contributed by atoms with Crippen LogP contribution in [0, 0.1) is 0 Å². The zero-order valence-electron chi connectivity index (χ0n) is 16.0. The summed E-state index contributed by atoms with van der Waals surface area (Å²) in [5.74, 6) is -0.0241. The number of amides is 2. The van der Waals surface area contributed by atoms with Crippen LogP contribution in [0.1, 0.15) is 24.0 Å². The molecule has 4 nitrogen and oxygen atoms in total. The Kier molecular flexibility index (Phi) is 5.52. The Bertz CT molecular complexity index is 1030. The van der Waals surface area contributed by atoms with Crippen LogP contribution in [0.5, 0.6) is 0 Å². The third kappa shape index (κ3) is 4.43. The minimum Gasteiger partial charge on any atom is -0.322 e. The zero-order chi connectivity index (χ0) is 20.1. The van der Waals surface area contributed by atoms with Gasteiger partial charge in [0.1, 0.15) is 0 Å². The summed E-state index contributed by atoms with van der Waals surface area (Å²) >= 11 is 0. The molecule has 0 aromatic heterocycles. The maximum atomic E-state index is 13.1. The van der Waals surface area contributed by atoms with Crippen molar-refractivity contribution in [2.75, 3.05) is 16.8 Å². The lowest BCUT2D eigenvalue weighted by Crippen LogP contribution is -2.23. The van der Waals surface area contributed by atoms with Gasteiger partial charge in [0.25, 0.3) is 5.91 Å². The quantitative estimate of drug-likeness (QED) is 0.499. The average Bonchev–Trinajstić information content (AvgIpc) is 3.20. The number of anilines is 2. The molecule has 1 saturated heterocycles. The molecule has 1 heterocycles. The van der Waals surface area contributed by atoms with Crippen molar-refractivity contribution in [3.63, 3.8) is 0 Å². The van der Waals surface area contributed by atoms with Gasteiger partial charge in [0.05, 0.1) is 0 Å². The summed E-state index contributed by atoms with van der Waals surface area (Å²) < 4.78 is 0. The molecule has 29 heavy (non-hydrogen) atoms. The molecule has 0 aliphatic carbocycles. The van der Waals surface area contributed by atoms with Crippen LogP contribution < -0.4 is 10.2 Å². The number of nitrogens with one attached hydrogen (secondary N) is 1. The van der Waals surface area contributed by atoms with Crippen LogP contribution in [0.4, 0.5) is 11.4 Å². The molecule has 0 spiro atoms. The van der Waals surface area contributed by atoms with Crippen molar-refractivity contribution < 1.29 is 9.59 Å². The Hall–Kier alpha value is -3.66. The summed E-state index contributed by atoms with van der Waals surface area (Å²) in [5.41, 5.74) is 3.97. The van der Waals surface area contributed by atoms with Crippen LogP contribution in [0.15, 0.2) is 84.9 Å². The number of hydrogen-bond acceptors (Lipinski definition) is 2. The van der Waals surface area contributed by atoms with E-state index in [1.807, 2.05) is 91.0 Å². The monoisotopic (exact) mass is 382 g/mol. The van der Waals surface area contributed by atoms with E-state index < -0.39 is 0 Å². The van der Waals surface area contributed by atoms with Gasteiger partial charge in [0, 0.05) is 29.9 Å². The predicted octanol–water partition coefficient (Wildman–Crippen LogP) is 4.99. The number of hydrogen-bond donors (Lipinski definition) is 1. The highest BCUT2D eigenvalue weighted by atomic mass is 16.2. The molecule has 1 N–H and O–H groups in total. The third-order valence-electron chi connectivity index (χ3n) is 4.95. The van der Waals surface area contributed by atoms with Crippen molar-refractivity contribution in [2.45, 2.75) is 12.8 Å². The Morgan fingerprint density at radius 2 is 1.52 bits per heavy atom. The molecular formula is C25H22N2O2. The third-order valence-corrected chi connectivity index (χ3v) is 4.95. The van der Waals surface area contributed by atoms with Crippen LogP contribution >= 0.6 is 0 Å². The van der Waals surface area contributed by atoms with E-state index in [1.165, 1.54) is 0 Å².